The topological polar surface area (TPSA) is 23.5 Å². The summed E-state index contributed by atoms with van der Waals surface area (Å²) in [6.45, 7) is 1.95. The highest BCUT2D eigenvalue weighted by atomic mass is 19.1. The molecule has 104 valence electrons. The lowest BCUT2D eigenvalue weighted by molar-refractivity contribution is -0.0891. The average molecular weight is 263 g/mol. The molecule has 2 fully saturated rings. The fourth-order valence-electron chi connectivity index (χ4n) is 3.87. The SMILES string of the molecule is Cc1ccc(F)c(C2(O)CC3CCCC(C2)N3C)c1. The van der Waals surface area contributed by atoms with Crippen molar-refractivity contribution in [2.24, 2.45) is 0 Å². The van der Waals surface area contributed by atoms with Crippen LogP contribution >= 0.6 is 0 Å². The molecule has 2 heterocycles. The Balaban J connectivity index is 1.97. The second-order valence-electron chi connectivity index (χ2n) is 6.33. The van der Waals surface area contributed by atoms with Gasteiger partial charge in [-0.05, 0) is 45.7 Å². The Hall–Kier alpha value is -0.930. The molecule has 2 nitrogen and oxygen atoms in total. The number of aryl methyl sites for hydroxylation is 1. The summed E-state index contributed by atoms with van der Waals surface area (Å²) in [7, 11) is 2.14. The van der Waals surface area contributed by atoms with Gasteiger partial charge in [-0.3, -0.25) is 0 Å². The number of rotatable bonds is 1. The van der Waals surface area contributed by atoms with Crippen molar-refractivity contribution in [3.05, 3.63) is 35.1 Å². The van der Waals surface area contributed by atoms with E-state index in [2.05, 4.69) is 11.9 Å². The predicted octanol–water partition coefficient (Wildman–Crippen LogP) is 2.97. The molecule has 3 heteroatoms. The number of benzene rings is 1. The van der Waals surface area contributed by atoms with Crippen molar-refractivity contribution in [2.75, 3.05) is 7.05 Å². The van der Waals surface area contributed by atoms with E-state index in [0.29, 0.717) is 30.5 Å². The highest BCUT2D eigenvalue weighted by Gasteiger charge is 2.45. The van der Waals surface area contributed by atoms with Crippen LogP contribution in [0.3, 0.4) is 0 Å². The number of hydrogen-bond donors (Lipinski definition) is 1. The van der Waals surface area contributed by atoms with Gasteiger partial charge in [0.1, 0.15) is 5.82 Å². The molecule has 19 heavy (non-hydrogen) atoms. The molecule has 1 N–H and O–H groups in total. The number of hydrogen-bond acceptors (Lipinski definition) is 2. The minimum Gasteiger partial charge on any atom is -0.385 e. The number of fused-ring (bicyclic) bond motifs is 2. The van der Waals surface area contributed by atoms with E-state index < -0.39 is 5.60 Å². The van der Waals surface area contributed by atoms with E-state index in [1.165, 1.54) is 12.5 Å². The van der Waals surface area contributed by atoms with Crippen LogP contribution in [-0.4, -0.2) is 29.1 Å². The Morgan fingerprint density at radius 1 is 1.26 bits per heavy atom. The molecule has 0 radical (unpaired) electrons. The summed E-state index contributed by atoms with van der Waals surface area (Å²) in [6.07, 6.45) is 4.76. The second kappa shape index (κ2) is 4.57. The Kier molecular flexibility index (Phi) is 3.14. The molecule has 2 saturated heterocycles. The molecule has 2 aliphatic heterocycles. The van der Waals surface area contributed by atoms with Crippen molar-refractivity contribution in [3.63, 3.8) is 0 Å². The van der Waals surface area contributed by atoms with Crippen LogP contribution in [0.1, 0.15) is 43.2 Å². The van der Waals surface area contributed by atoms with Crippen molar-refractivity contribution >= 4 is 0 Å². The monoisotopic (exact) mass is 263 g/mol. The molecule has 2 atom stereocenters. The smallest absolute Gasteiger partial charge is 0.129 e. The molecule has 2 unspecified atom stereocenters. The summed E-state index contributed by atoms with van der Waals surface area (Å²) in [5, 5.41) is 11.0. The minimum atomic E-state index is -0.988. The van der Waals surface area contributed by atoms with Crippen LogP contribution in [0.4, 0.5) is 4.39 Å². The quantitative estimate of drug-likeness (QED) is 0.842. The van der Waals surface area contributed by atoms with E-state index in [1.54, 1.807) is 6.07 Å². The third-order valence-corrected chi connectivity index (χ3v) is 5.00. The lowest BCUT2D eigenvalue weighted by Gasteiger charge is -2.50. The van der Waals surface area contributed by atoms with Crippen molar-refractivity contribution in [1.29, 1.82) is 0 Å². The summed E-state index contributed by atoms with van der Waals surface area (Å²) in [4.78, 5) is 2.38. The lowest BCUT2D eigenvalue weighted by Crippen LogP contribution is -2.55. The first-order valence-corrected chi connectivity index (χ1v) is 7.20. The van der Waals surface area contributed by atoms with Crippen LogP contribution in [0, 0.1) is 12.7 Å². The van der Waals surface area contributed by atoms with Gasteiger partial charge in [0.25, 0.3) is 0 Å². The third kappa shape index (κ3) is 2.19. The zero-order valence-electron chi connectivity index (χ0n) is 11.7. The van der Waals surface area contributed by atoms with Crippen molar-refractivity contribution in [3.8, 4) is 0 Å². The zero-order valence-corrected chi connectivity index (χ0v) is 11.7. The van der Waals surface area contributed by atoms with Gasteiger partial charge < -0.3 is 10.0 Å². The van der Waals surface area contributed by atoms with E-state index >= 15 is 0 Å². The molecule has 0 amide bonds. The van der Waals surface area contributed by atoms with Crippen molar-refractivity contribution in [1.82, 2.24) is 4.90 Å². The molecule has 1 aromatic rings. The molecular weight excluding hydrogens is 241 g/mol. The van der Waals surface area contributed by atoms with Crippen molar-refractivity contribution in [2.45, 2.75) is 56.7 Å². The van der Waals surface area contributed by atoms with Gasteiger partial charge in [-0.15, -0.1) is 0 Å². The maximum Gasteiger partial charge on any atom is 0.129 e. The maximum atomic E-state index is 14.1. The summed E-state index contributed by atoms with van der Waals surface area (Å²) in [6, 6.07) is 5.83. The van der Waals surface area contributed by atoms with Gasteiger partial charge in [-0.25, -0.2) is 4.39 Å². The Morgan fingerprint density at radius 2 is 1.89 bits per heavy atom. The first-order valence-electron chi connectivity index (χ1n) is 7.20. The number of aliphatic hydroxyl groups is 1. The fraction of sp³-hybridized carbons (Fsp3) is 0.625. The maximum absolute atomic E-state index is 14.1. The van der Waals surface area contributed by atoms with Crippen LogP contribution in [0.2, 0.25) is 0 Å². The van der Waals surface area contributed by atoms with Gasteiger partial charge in [-0.1, -0.05) is 24.1 Å². The molecule has 2 aliphatic rings. The molecule has 0 aromatic heterocycles. The summed E-state index contributed by atoms with van der Waals surface area (Å²) in [5.41, 5.74) is 0.518. The van der Waals surface area contributed by atoms with E-state index in [1.807, 2.05) is 13.0 Å². The Morgan fingerprint density at radius 3 is 2.53 bits per heavy atom. The third-order valence-electron chi connectivity index (χ3n) is 5.00. The molecule has 3 rings (SSSR count). The highest BCUT2D eigenvalue weighted by Crippen LogP contribution is 2.44. The molecule has 0 saturated carbocycles. The summed E-state index contributed by atoms with van der Waals surface area (Å²) < 4.78 is 14.1. The number of piperidine rings is 2. The average Bonchev–Trinajstić information content (AvgIpc) is 2.34. The zero-order chi connectivity index (χ0) is 13.6. The van der Waals surface area contributed by atoms with Crippen molar-refractivity contribution < 1.29 is 9.50 Å². The van der Waals surface area contributed by atoms with Crippen LogP contribution in [0.15, 0.2) is 18.2 Å². The van der Waals surface area contributed by atoms with Gasteiger partial charge in [0.2, 0.25) is 0 Å². The predicted molar refractivity (Wildman–Crippen MR) is 73.5 cm³/mol. The molecule has 0 spiro atoms. The first-order chi connectivity index (χ1) is 8.99. The van der Waals surface area contributed by atoms with Crippen LogP contribution < -0.4 is 0 Å². The van der Waals surface area contributed by atoms with Gasteiger partial charge in [0.05, 0.1) is 5.60 Å². The summed E-state index contributed by atoms with van der Waals surface area (Å²) in [5.74, 6) is -0.268. The van der Waals surface area contributed by atoms with Crippen LogP contribution in [-0.2, 0) is 5.60 Å². The molecule has 2 bridgehead atoms. The molecule has 0 aliphatic carbocycles. The number of nitrogens with zero attached hydrogens (tertiary/aromatic N) is 1. The van der Waals surface area contributed by atoms with E-state index in [4.69, 9.17) is 0 Å². The van der Waals surface area contributed by atoms with Gasteiger partial charge in [-0.2, -0.15) is 0 Å². The molecule has 1 aromatic carbocycles. The summed E-state index contributed by atoms with van der Waals surface area (Å²) >= 11 is 0. The van der Waals surface area contributed by atoms with Gasteiger partial charge >= 0.3 is 0 Å². The highest BCUT2D eigenvalue weighted by molar-refractivity contribution is 5.30. The Labute approximate surface area is 114 Å². The van der Waals surface area contributed by atoms with Gasteiger partial charge in [0.15, 0.2) is 0 Å². The minimum absolute atomic E-state index is 0.268. The van der Waals surface area contributed by atoms with E-state index in [0.717, 1.165) is 18.4 Å². The standard InChI is InChI=1S/C16H22FNO/c1-11-6-7-15(17)14(8-11)16(19)9-12-4-3-5-13(10-16)18(12)2/h6-8,12-13,19H,3-5,9-10H2,1-2H3. The van der Waals surface area contributed by atoms with Gasteiger partial charge in [0, 0.05) is 17.6 Å². The van der Waals surface area contributed by atoms with E-state index in [9.17, 15) is 9.50 Å². The second-order valence-corrected chi connectivity index (χ2v) is 6.33. The van der Waals surface area contributed by atoms with Crippen LogP contribution in [0.25, 0.3) is 0 Å². The van der Waals surface area contributed by atoms with Crippen LogP contribution in [0.5, 0.6) is 0 Å². The lowest BCUT2D eigenvalue weighted by atomic mass is 9.72. The number of halogens is 1. The largest absolute Gasteiger partial charge is 0.385 e. The Bertz CT molecular complexity index is 474. The molecular formula is C16H22FNO. The van der Waals surface area contributed by atoms with E-state index in [-0.39, 0.29) is 5.82 Å². The fourth-order valence-corrected chi connectivity index (χ4v) is 3.87. The first kappa shape index (κ1) is 13.1. The normalized spacial score (nSPS) is 35.4.